The number of aromatic nitrogens is 3. The van der Waals surface area contributed by atoms with Crippen LogP contribution in [0.2, 0.25) is 0 Å². The number of likely N-dealkylation sites (tertiary alicyclic amines) is 2. The van der Waals surface area contributed by atoms with Gasteiger partial charge in [0.1, 0.15) is 11.3 Å². The molecule has 3 aromatic rings. The van der Waals surface area contributed by atoms with Crippen LogP contribution in [0.3, 0.4) is 0 Å². The van der Waals surface area contributed by atoms with E-state index in [4.69, 9.17) is 19.4 Å². The molecule has 3 fully saturated rings. The Kier molecular flexibility index (Phi) is 7.32. The highest BCUT2D eigenvalue weighted by Crippen LogP contribution is 2.42. The highest BCUT2D eigenvalue weighted by molar-refractivity contribution is 5.81. The predicted octanol–water partition coefficient (Wildman–Crippen LogP) is 5.51. The average molecular weight is 532 g/mol. The summed E-state index contributed by atoms with van der Waals surface area (Å²) in [6.45, 7) is 13.2. The number of aryl methyl sites for hydroxylation is 2. The zero-order chi connectivity index (χ0) is 27.3. The molecule has 1 aromatic carbocycles. The van der Waals surface area contributed by atoms with Crippen molar-refractivity contribution in [3.8, 4) is 22.9 Å². The van der Waals surface area contributed by atoms with Gasteiger partial charge in [0.05, 0.1) is 14.2 Å². The lowest BCUT2D eigenvalue weighted by Gasteiger charge is -2.36. The van der Waals surface area contributed by atoms with Gasteiger partial charge in [-0.1, -0.05) is 13.8 Å². The Morgan fingerprint density at radius 1 is 0.949 bits per heavy atom. The van der Waals surface area contributed by atoms with Crippen LogP contribution in [0.15, 0.2) is 24.3 Å². The second kappa shape index (κ2) is 10.7. The fourth-order valence-electron chi connectivity index (χ4n) is 7.66. The molecule has 0 spiro atoms. The van der Waals surface area contributed by atoms with E-state index in [9.17, 15) is 0 Å². The summed E-state index contributed by atoms with van der Waals surface area (Å²) in [5.41, 5.74) is 5.37. The molecule has 3 aliphatic rings. The van der Waals surface area contributed by atoms with E-state index in [-0.39, 0.29) is 0 Å². The predicted molar refractivity (Wildman–Crippen MR) is 157 cm³/mol. The van der Waals surface area contributed by atoms with E-state index in [0.29, 0.717) is 11.7 Å². The third-order valence-corrected chi connectivity index (χ3v) is 9.57. The molecule has 2 aromatic heterocycles. The third kappa shape index (κ3) is 5.04. The Labute approximate surface area is 233 Å². The fraction of sp³-hybridized carbons (Fsp3) is 0.625. The minimum Gasteiger partial charge on any atom is -0.493 e. The fourth-order valence-corrected chi connectivity index (χ4v) is 7.66. The molecule has 0 amide bonds. The third-order valence-electron chi connectivity index (χ3n) is 9.57. The van der Waals surface area contributed by atoms with Gasteiger partial charge in [-0.15, -0.1) is 0 Å². The molecular formula is C32H45N5O2. The molecule has 7 heteroatoms. The SMILES string of the molecule is COc1ccc(-c2nc3c(C)cc(C4CCN(C5C[C@@H]6CN(CC(C)C)C[C@@H]6C5)CC4)nc3n2C)cc1OC. The molecule has 210 valence electrons. The first-order valence-corrected chi connectivity index (χ1v) is 14.9. The summed E-state index contributed by atoms with van der Waals surface area (Å²) < 4.78 is 13.1. The number of methoxy groups -OCH3 is 2. The second-order valence-corrected chi connectivity index (χ2v) is 12.7. The Morgan fingerprint density at radius 2 is 1.64 bits per heavy atom. The molecule has 4 heterocycles. The van der Waals surface area contributed by atoms with Gasteiger partial charge in [-0.3, -0.25) is 0 Å². The molecule has 3 atom stereocenters. The average Bonchev–Trinajstić information content (AvgIpc) is 3.60. The van der Waals surface area contributed by atoms with Crippen molar-refractivity contribution in [1.29, 1.82) is 0 Å². The largest absolute Gasteiger partial charge is 0.493 e. The van der Waals surface area contributed by atoms with Crippen LogP contribution in [0, 0.1) is 24.7 Å². The minimum atomic E-state index is 0.520. The van der Waals surface area contributed by atoms with E-state index >= 15 is 0 Å². The van der Waals surface area contributed by atoms with E-state index in [1.54, 1.807) is 14.2 Å². The van der Waals surface area contributed by atoms with Crippen LogP contribution in [0.5, 0.6) is 11.5 Å². The first kappa shape index (κ1) is 26.6. The highest BCUT2D eigenvalue weighted by atomic mass is 16.5. The number of fused-ring (bicyclic) bond motifs is 2. The van der Waals surface area contributed by atoms with Crippen molar-refractivity contribution in [3.05, 3.63) is 35.5 Å². The number of hydrogen-bond acceptors (Lipinski definition) is 6. The van der Waals surface area contributed by atoms with E-state index in [1.807, 2.05) is 18.2 Å². The molecule has 0 bridgehead atoms. The number of rotatable bonds is 7. The topological polar surface area (TPSA) is 55.7 Å². The standard InChI is InChI=1S/C32H45N5O2/c1-20(2)17-36-18-24-14-26(15-25(24)19-36)37-11-9-22(10-12-37)27-13-21(3)30-32(33-27)35(4)31(34-30)23-7-8-28(38-5)29(16-23)39-6/h7-8,13,16,20,22,24-26H,9-12,14-15,17-19H2,1-6H3/t24-,25+,26?. The number of hydrogen-bond donors (Lipinski definition) is 0. The first-order chi connectivity index (χ1) is 18.8. The van der Waals surface area contributed by atoms with Crippen molar-refractivity contribution >= 4 is 11.2 Å². The maximum absolute atomic E-state index is 5.54. The lowest BCUT2D eigenvalue weighted by molar-refractivity contribution is 0.141. The lowest BCUT2D eigenvalue weighted by Crippen LogP contribution is -2.41. The van der Waals surface area contributed by atoms with Gasteiger partial charge in [-0.2, -0.15) is 0 Å². The molecule has 2 saturated heterocycles. The second-order valence-electron chi connectivity index (χ2n) is 12.7. The van der Waals surface area contributed by atoms with Gasteiger partial charge in [-0.05, 0) is 93.3 Å². The first-order valence-electron chi connectivity index (χ1n) is 14.9. The van der Waals surface area contributed by atoms with Crippen molar-refractivity contribution in [3.63, 3.8) is 0 Å². The summed E-state index contributed by atoms with van der Waals surface area (Å²) in [4.78, 5) is 15.7. The van der Waals surface area contributed by atoms with Gasteiger partial charge in [0.25, 0.3) is 0 Å². The summed E-state index contributed by atoms with van der Waals surface area (Å²) >= 11 is 0. The molecule has 0 N–H and O–H groups in total. The molecule has 0 radical (unpaired) electrons. The van der Waals surface area contributed by atoms with Crippen LogP contribution in [0.25, 0.3) is 22.6 Å². The van der Waals surface area contributed by atoms with Gasteiger partial charge in [0.15, 0.2) is 17.1 Å². The summed E-state index contributed by atoms with van der Waals surface area (Å²) in [7, 11) is 5.39. The lowest BCUT2D eigenvalue weighted by atomic mass is 9.91. The summed E-state index contributed by atoms with van der Waals surface area (Å²) in [6, 6.07) is 9.04. The van der Waals surface area contributed by atoms with E-state index in [1.165, 1.54) is 69.7 Å². The van der Waals surface area contributed by atoms with Gasteiger partial charge in [0.2, 0.25) is 0 Å². The van der Waals surface area contributed by atoms with Crippen molar-refractivity contribution < 1.29 is 9.47 Å². The molecule has 1 unspecified atom stereocenters. The zero-order valence-corrected chi connectivity index (χ0v) is 24.6. The van der Waals surface area contributed by atoms with E-state index in [2.05, 4.69) is 48.3 Å². The van der Waals surface area contributed by atoms with E-state index < -0.39 is 0 Å². The van der Waals surface area contributed by atoms with Crippen LogP contribution >= 0.6 is 0 Å². The van der Waals surface area contributed by atoms with Gasteiger partial charge >= 0.3 is 0 Å². The van der Waals surface area contributed by atoms with Gasteiger partial charge in [0, 0.05) is 49.9 Å². The van der Waals surface area contributed by atoms with Gasteiger partial charge < -0.3 is 23.8 Å². The quantitative estimate of drug-likeness (QED) is 0.401. The molecule has 7 nitrogen and oxygen atoms in total. The Hall–Kier alpha value is -2.64. The summed E-state index contributed by atoms with van der Waals surface area (Å²) in [5.74, 6) is 5.46. The molecule has 2 aliphatic heterocycles. The number of nitrogens with zero attached hydrogens (tertiary/aromatic N) is 5. The Bertz CT molecular complexity index is 1310. The summed E-state index contributed by atoms with van der Waals surface area (Å²) in [6.07, 6.45) is 5.20. The molecule has 1 aliphatic carbocycles. The van der Waals surface area contributed by atoms with Crippen LogP contribution in [-0.4, -0.2) is 77.3 Å². The highest BCUT2D eigenvalue weighted by Gasteiger charge is 2.43. The monoisotopic (exact) mass is 531 g/mol. The van der Waals surface area contributed by atoms with Crippen LogP contribution in [0.4, 0.5) is 0 Å². The number of pyridine rings is 1. The van der Waals surface area contributed by atoms with Crippen molar-refractivity contribution in [1.82, 2.24) is 24.3 Å². The molecular weight excluding hydrogens is 486 g/mol. The molecule has 39 heavy (non-hydrogen) atoms. The number of benzene rings is 1. The number of ether oxygens (including phenoxy) is 2. The minimum absolute atomic E-state index is 0.520. The van der Waals surface area contributed by atoms with Crippen molar-refractivity contribution in [2.45, 2.75) is 58.4 Å². The smallest absolute Gasteiger partial charge is 0.161 e. The zero-order valence-electron chi connectivity index (χ0n) is 24.6. The Morgan fingerprint density at radius 3 is 2.28 bits per heavy atom. The van der Waals surface area contributed by atoms with Crippen LogP contribution in [-0.2, 0) is 7.05 Å². The van der Waals surface area contributed by atoms with Crippen LogP contribution < -0.4 is 9.47 Å². The maximum Gasteiger partial charge on any atom is 0.161 e. The van der Waals surface area contributed by atoms with Crippen molar-refractivity contribution in [2.75, 3.05) is 46.9 Å². The number of piperidine rings is 1. The molecule has 1 saturated carbocycles. The number of imidazole rings is 1. The van der Waals surface area contributed by atoms with Crippen LogP contribution in [0.1, 0.15) is 56.7 Å². The Balaban J connectivity index is 1.14. The van der Waals surface area contributed by atoms with E-state index in [0.717, 1.165) is 52.1 Å². The summed E-state index contributed by atoms with van der Waals surface area (Å²) in [5, 5.41) is 0. The normalized spacial score (nSPS) is 24.6. The van der Waals surface area contributed by atoms with Crippen molar-refractivity contribution in [2.24, 2.45) is 24.8 Å². The van der Waals surface area contributed by atoms with Gasteiger partial charge in [-0.25, -0.2) is 9.97 Å². The maximum atomic E-state index is 5.54. The molecule has 6 rings (SSSR count).